The van der Waals surface area contributed by atoms with Gasteiger partial charge in [0.15, 0.2) is 0 Å². The van der Waals surface area contributed by atoms with E-state index < -0.39 is 0 Å². The van der Waals surface area contributed by atoms with Crippen LogP contribution in [-0.2, 0) is 0 Å². The minimum atomic E-state index is 0.617. The maximum absolute atomic E-state index is 5.11. The molecule has 0 aromatic heterocycles. The zero-order valence-electron chi connectivity index (χ0n) is 8.87. The second-order valence-electron chi connectivity index (χ2n) is 3.81. The van der Waals surface area contributed by atoms with Crippen molar-refractivity contribution in [1.29, 1.82) is 0 Å². The molecule has 0 radical (unpaired) electrons. The zero-order valence-corrected chi connectivity index (χ0v) is 8.87. The van der Waals surface area contributed by atoms with E-state index in [-0.39, 0.29) is 0 Å². The van der Waals surface area contributed by atoms with E-state index in [4.69, 9.17) is 4.74 Å². The Morgan fingerprint density at radius 3 is 1.92 bits per heavy atom. The molecule has 0 amide bonds. The average Bonchev–Trinajstić information content (AvgIpc) is 2.17. The molecule has 0 bridgehead atoms. The van der Waals surface area contributed by atoms with E-state index >= 15 is 0 Å². The van der Waals surface area contributed by atoms with Crippen LogP contribution in [0.2, 0.25) is 0 Å². The quantitative estimate of drug-likeness (QED) is 0.688. The summed E-state index contributed by atoms with van der Waals surface area (Å²) in [6.45, 7) is 6.75. The van der Waals surface area contributed by atoms with E-state index in [1.54, 1.807) is 7.11 Å². The highest BCUT2D eigenvalue weighted by Crippen LogP contribution is 2.24. The molecule has 0 saturated heterocycles. The van der Waals surface area contributed by atoms with Crippen LogP contribution in [0, 0.1) is 5.92 Å². The Bertz CT molecular complexity index is 248. The molecule has 0 saturated carbocycles. The third kappa shape index (κ3) is 2.48. The molecule has 1 nitrogen and oxygen atoms in total. The van der Waals surface area contributed by atoms with Crippen LogP contribution in [0.15, 0.2) is 24.3 Å². The molecule has 1 aromatic rings. The van der Waals surface area contributed by atoms with Crippen LogP contribution < -0.4 is 4.74 Å². The predicted molar refractivity (Wildman–Crippen MR) is 56.2 cm³/mol. The minimum Gasteiger partial charge on any atom is -0.497 e. The largest absolute Gasteiger partial charge is 0.497 e. The lowest BCUT2D eigenvalue weighted by molar-refractivity contribution is 0.414. The van der Waals surface area contributed by atoms with E-state index in [0.29, 0.717) is 11.8 Å². The van der Waals surface area contributed by atoms with Crippen molar-refractivity contribution in [3.05, 3.63) is 29.8 Å². The number of hydrogen-bond acceptors (Lipinski definition) is 1. The second-order valence-corrected chi connectivity index (χ2v) is 3.81. The number of ether oxygens (including phenoxy) is 1. The van der Waals surface area contributed by atoms with Gasteiger partial charge in [-0.3, -0.25) is 0 Å². The third-order valence-corrected chi connectivity index (χ3v) is 2.64. The SMILES string of the molecule is COc1ccc([C@H](C)C(C)C)cc1. The number of benzene rings is 1. The third-order valence-electron chi connectivity index (χ3n) is 2.64. The molecule has 1 heteroatoms. The molecule has 0 spiro atoms. The van der Waals surface area contributed by atoms with Crippen molar-refractivity contribution in [2.75, 3.05) is 7.11 Å². The molecule has 0 aliphatic carbocycles. The Kier molecular flexibility index (Phi) is 3.35. The minimum absolute atomic E-state index is 0.617. The van der Waals surface area contributed by atoms with Crippen LogP contribution in [0.4, 0.5) is 0 Å². The van der Waals surface area contributed by atoms with E-state index in [1.807, 2.05) is 12.1 Å². The molecule has 13 heavy (non-hydrogen) atoms. The summed E-state index contributed by atoms with van der Waals surface area (Å²) < 4.78 is 5.11. The molecule has 0 N–H and O–H groups in total. The first-order valence-electron chi connectivity index (χ1n) is 4.79. The van der Waals surface area contributed by atoms with E-state index in [1.165, 1.54) is 5.56 Å². The zero-order chi connectivity index (χ0) is 9.84. The Balaban J connectivity index is 2.79. The summed E-state index contributed by atoms with van der Waals surface area (Å²) in [6, 6.07) is 8.33. The highest BCUT2D eigenvalue weighted by Gasteiger charge is 2.08. The van der Waals surface area contributed by atoms with E-state index in [2.05, 4.69) is 32.9 Å². The van der Waals surface area contributed by atoms with Crippen molar-refractivity contribution in [3.63, 3.8) is 0 Å². The molecular formula is C12H18O. The molecule has 0 unspecified atom stereocenters. The number of rotatable bonds is 3. The van der Waals surface area contributed by atoms with Crippen molar-refractivity contribution in [2.24, 2.45) is 5.92 Å². The lowest BCUT2D eigenvalue weighted by Gasteiger charge is -2.15. The Morgan fingerprint density at radius 2 is 1.54 bits per heavy atom. The fraction of sp³-hybridized carbons (Fsp3) is 0.500. The van der Waals surface area contributed by atoms with Gasteiger partial charge in [-0.1, -0.05) is 32.9 Å². The molecule has 0 aliphatic rings. The molecule has 0 fully saturated rings. The molecule has 0 heterocycles. The van der Waals surface area contributed by atoms with Gasteiger partial charge < -0.3 is 4.74 Å². The number of hydrogen-bond donors (Lipinski definition) is 0. The van der Waals surface area contributed by atoms with Crippen LogP contribution in [0.5, 0.6) is 5.75 Å². The van der Waals surface area contributed by atoms with Crippen LogP contribution in [0.3, 0.4) is 0 Å². The monoisotopic (exact) mass is 178 g/mol. The van der Waals surface area contributed by atoms with E-state index in [0.717, 1.165) is 5.75 Å². The van der Waals surface area contributed by atoms with Gasteiger partial charge in [-0.15, -0.1) is 0 Å². The summed E-state index contributed by atoms with van der Waals surface area (Å²) in [5.74, 6) is 2.24. The van der Waals surface area contributed by atoms with Crippen molar-refractivity contribution in [2.45, 2.75) is 26.7 Å². The molecule has 0 aliphatic heterocycles. The fourth-order valence-corrected chi connectivity index (χ4v) is 1.29. The predicted octanol–water partition coefficient (Wildman–Crippen LogP) is 3.45. The Labute approximate surface area is 80.7 Å². The first-order valence-corrected chi connectivity index (χ1v) is 4.79. The molecule has 72 valence electrons. The molecule has 1 atom stereocenters. The van der Waals surface area contributed by atoms with E-state index in [9.17, 15) is 0 Å². The van der Waals surface area contributed by atoms with Gasteiger partial charge in [-0.2, -0.15) is 0 Å². The summed E-state index contributed by atoms with van der Waals surface area (Å²) in [4.78, 5) is 0. The van der Waals surface area contributed by atoms with Gasteiger partial charge in [-0.05, 0) is 29.5 Å². The van der Waals surface area contributed by atoms with Crippen LogP contribution >= 0.6 is 0 Å². The van der Waals surface area contributed by atoms with Crippen LogP contribution in [-0.4, -0.2) is 7.11 Å². The highest BCUT2D eigenvalue weighted by molar-refractivity contribution is 5.29. The smallest absolute Gasteiger partial charge is 0.118 e. The first kappa shape index (κ1) is 10.1. The van der Waals surface area contributed by atoms with Crippen molar-refractivity contribution in [1.82, 2.24) is 0 Å². The standard InChI is InChI=1S/C12H18O/c1-9(2)10(3)11-5-7-12(13-4)8-6-11/h5-10H,1-4H3/t10-/m1/s1. The maximum atomic E-state index is 5.11. The van der Waals surface area contributed by atoms with Crippen molar-refractivity contribution in [3.8, 4) is 5.75 Å². The molecule has 1 rings (SSSR count). The Hall–Kier alpha value is -0.980. The molecule has 1 aromatic carbocycles. The van der Waals surface area contributed by atoms with Gasteiger partial charge in [0.25, 0.3) is 0 Å². The topological polar surface area (TPSA) is 9.23 Å². The summed E-state index contributed by atoms with van der Waals surface area (Å²) >= 11 is 0. The van der Waals surface area contributed by atoms with Gasteiger partial charge in [0.1, 0.15) is 5.75 Å². The summed E-state index contributed by atoms with van der Waals surface area (Å²) in [5, 5.41) is 0. The fourth-order valence-electron chi connectivity index (χ4n) is 1.29. The maximum Gasteiger partial charge on any atom is 0.118 e. The van der Waals surface area contributed by atoms with Crippen LogP contribution in [0.1, 0.15) is 32.3 Å². The first-order chi connectivity index (χ1) is 6.15. The van der Waals surface area contributed by atoms with Gasteiger partial charge in [0, 0.05) is 0 Å². The van der Waals surface area contributed by atoms with Gasteiger partial charge >= 0.3 is 0 Å². The number of methoxy groups -OCH3 is 1. The van der Waals surface area contributed by atoms with Gasteiger partial charge in [0.05, 0.1) is 7.11 Å². The average molecular weight is 178 g/mol. The Morgan fingerprint density at radius 1 is 1.00 bits per heavy atom. The van der Waals surface area contributed by atoms with Crippen molar-refractivity contribution < 1.29 is 4.74 Å². The second kappa shape index (κ2) is 4.31. The summed E-state index contributed by atoms with van der Waals surface area (Å²) in [6.07, 6.45) is 0. The highest BCUT2D eigenvalue weighted by atomic mass is 16.5. The molecular weight excluding hydrogens is 160 g/mol. The van der Waals surface area contributed by atoms with Crippen molar-refractivity contribution >= 4 is 0 Å². The summed E-state index contributed by atoms with van der Waals surface area (Å²) in [5.41, 5.74) is 1.39. The normalized spacial score (nSPS) is 13.0. The lowest BCUT2D eigenvalue weighted by Crippen LogP contribution is -2.01. The van der Waals surface area contributed by atoms with Gasteiger partial charge in [-0.25, -0.2) is 0 Å². The summed E-state index contributed by atoms with van der Waals surface area (Å²) in [7, 11) is 1.70. The van der Waals surface area contributed by atoms with Crippen LogP contribution in [0.25, 0.3) is 0 Å². The lowest BCUT2D eigenvalue weighted by atomic mass is 9.90. The van der Waals surface area contributed by atoms with Gasteiger partial charge in [0.2, 0.25) is 0 Å².